The highest BCUT2D eigenvalue weighted by atomic mass is 32.2. The Morgan fingerprint density at radius 2 is 2.03 bits per heavy atom. The van der Waals surface area contributed by atoms with Crippen LogP contribution in [0.15, 0.2) is 41.4 Å². The number of benzene rings is 2. The minimum Gasteiger partial charge on any atom is -0.495 e. The number of amides is 2. The van der Waals surface area contributed by atoms with Crippen molar-refractivity contribution in [1.29, 1.82) is 0 Å². The standard InChI is InChI=1S/C22H24N4O5S/c1-5-25-21(28)19(12-20(27)23-17-10-13(2)6-9-18(17)31-4)32-22(25)24-16-11-15(26(29)30)8-7-14(16)3/h6-11,19H,5,12H2,1-4H3,(H,23,27). The third-order valence-electron chi connectivity index (χ3n) is 4.96. The minimum atomic E-state index is -0.636. The van der Waals surface area contributed by atoms with Crippen molar-refractivity contribution in [3.63, 3.8) is 0 Å². The molecule has 0 aromatic heterocycles. The van der Waals surface area contributed by atoms with Gasteiger partial charge >= 0.3 is 0 Å². The van der Waals surface area contributed by atoms with Gasteiger partial charge in [0.15, 0.2) is 5.17 Å². The van der Waals surface area contributed by atoms with E-state index in [0.717, 1.165) is 11.1 Å². The van der Waals surface area contributed by atoms with Gasteiger partial charge in [-0.3, -0.25) is 24.6 Å². The number of thioether (sulfide) groups is 1. The van der Waals surface area contributed by atoms with Crippen LogP contribution in [0.1, 0.15) is 24.5 Å². The normalized spacial score (nSPS) is 17.0. The lowest BCUT2D eigenvalue weighted by Gasteiger charge is -2.14. The van der Waals surface area contributed by atoms with E-state index in [1.54, 1.807) is 25.1 Å². The molecule has 1 atom stereocenters. The second-order valence-corrected chi connectivity index (χ2v) is 8.44. The smallest absolute Gasteiger partial charge is 0.271 e. The highest BCUT2D eigenvalue weighted by Gasteiger charge is 2.38. The molecule has 1 aliphatic heterocycles. The number of aryl methyl sites for hydroxylation is 2. The first-order chi connectivity index (χ1) is 15.2. The Hall–Kier alpha value is -3.40. The number of rotatable bonds is 7. The fourth-order valence-corrected chi connectivity index (χ4v) is 4.45. The van der Waals surface area contributed by atoms with Gasteiger partial charge in [0.05, 0.1) is 23.4 Å². The SMILES string of the molecule is CCN1C(=O)C(CC(=O)Nc2cc(C)ccc2OC)SC1=Nc1cc([N+](=O)[O-])ccc1C. The number of nitro benzene ring substituents is 1. The lowest BCUT2D eigenvalue weighted by atomic mass is 10.2. The first kappa shape index (κ1) is 23.3. The Balaban J connectivity index is 1.79. The van der Waals surface area contributed by atoms with Gasteiger partial charge in [0.25, 0.3) is 5.69 Å². The van der Waals surface area contributed by atoms with Crippen LogP contribution in [-0.4, -0.2) is 45.7 Å². The average molecular weight is 457 g/mol. The van der Waals surface area contributed by atoms with Gasteiger partial charge in [-0.1, -0.05) is 23.9 Å². The number of nitro groups is 1. The summed E-state index contributed by atoms with van der Waals surface area (Å²) in [4.78, 5) is 42.2. The van der Waals surface area contributed by atoms with E-state index in [1.807, 2.05) is 19.9 Å². The molecule has 0 bridgehead atoms. The van der Waals surface area contributed by atoms with Crippen LogP contribution in [0, 0.1) is 24.0 Å². The molecule has 0 spiro atoms. The van der Waals surface area contributed by atoms with Crippen molar-refractivity contribution in [3.05, 3.63) is 57.6 Å². The van der Waals surface area contributed by atoms with Crippen LogP contribution in [0.5, 0.6) is 5.75 Å². The number of carbonyl (C=O) groups excluding carboxylic acids is 2. The minimum absolute atomic E-state index is 0.0377. The van der Waals surface area contributed by atoms with Gasteiger partial charge in [-0.25, -0.2) is 4.99 Å². The monoisotopic (exact) mass is 456 g/mol. The molecule has 1 fully saturated rings. The molecule has 32 heavy (non-hydrogen) atoms. The van der Waals surface area contributed by atoms with Crippen LogP contribution in [0.3, 0.4) is 0 Å². The van der Waals surface area contributed by atoms with Crippen LogP contribution in [0.4, 0.5) is 17.1 Å². The number of ether oxygens (including phenoxy) is 1. The van der Waals surface area contributed by atoms with E-state index in [2.05, 4.69) is 10.3 Å². The molecule has 1 N–H and O–H groups in total. The molecule has 2 aromatic carbocycles. The molecule has 0 saturated carbocycles. The molecule has 1 heterocycles. The van der Waals surface area contributed by atoms with Crippen molar-refractivity contribution in [2.45, 2.75) is 32.4 Å². The number of carbonyl (C=O) groups is 2. The van der Waals surface area contributed by atoms with E-state index in [1.165, 1.54) is 35.9 Å². The van der Waals surface area contributed by atoms with E-state index in [-0.39, 0.29) is 23.9 Å². The Kier molecular flexibility index (Phi) is 7.14. The summed E-state index contributed by atoms with van der Waals surface area (Å²) in [7, 11) is 1.52. The van der Waals surface area contributed by atoms with Crippen molar-refractivity contribution in [2.75, 3.05) is 19.0 Å². The molecule has 1 saturated heterocycles. The highest BCUT2D eigenvalue weighted by Crippen LogP contribution is 2.34. The quantitative estimate of drug-likeness (QED) is 0.493. The van der Waals surface area contributed by atoms with Crippen LogP contribution >= 0.6 is 11.8 Å². The second kappa shape index (κ2) is 9.82. The van der Waals surface area contributed by atoms with Gasteiger partial charge in [0.2, 0.25) is 11.8 Å². The molecule has 2 amide bonds. The van der Waals surface area contributed by atoms with Crippen molar-refractivity contribution in [3.8, 4) is 5.75 Å². The Morgan fingerprint density at radius 1 is 1.28 bits per heavy atom. The molecule has 3 rings (SSSR count). The lowest BCUT2D eigenvalue weighted by Crippen LogP contribution is -2.33. The van der Waals surface area contributed by atoms with Gasteiger partial charge in [0, 0.05) is 25.1 Å². The summed E-state index contributed by atoms with van der Waals surface area (Å²) in [5, 5.41) is 13.7. The lowest BCUT2D eigenvalue weighted by molar-refractivity contribution is -0.384. The number of anilines is 1. The number of nitrogens with zero attached hydrogens (tertiary/aromatic N) is 3. The molecule has 1 aliphatic rings. The number of hydrogen-bond acceptors (Lipinski definition) is 7. The van der Waals surface area contributed by atoms with E-state index in [4.69, 9.17) is 4.74 Å². The predicted octanol–water partition coefficient (Wildman–Crippen LogP) is 4.20. The molecular weight excluding hydrogens is 432 g/mol. The van der Waals surface area contributed by atoms with Gasteiger partial charge in [0.1, 0.15) is 11.0 Å². The number of methoxy groups -OCH3 is 1. The third kappa shape index (κ3) is 5.08. The zero-order valence-electron chi connectivity index (χ0n) is 18.2. The fourth-order valence-electron chi connectivity index (χ4n) is 3.24. The van der Waals surface area contributed by atoms with Crippen molar-refractivity contribution >= 4 is 45.8 Å². The highest BCUT2D eigenvalue weighted by molar-refractivity contribution is 8.15. The number of hydrogen-bond donors (Lipinski definition) is 1. The van der Waals surface area contributed by atoms with Crippen LogP contribution < -0.4 is 10.1 Å². The zero-order valence-corrected chi connectivity index (χ0v) is 19.1. The summed E-state index contributed by atoms with van der Waals surface area (Å²) in [6.07, 6.45) is -0.0377. The molecule has 1 unspecified atom stereocenters. The fraction of sp³-hybridized carbons (Fsp3) is 0.318. The number of aliphatic imine (C=N–C) groups is 1. The maximum absolute atomic E-state index is 12.9. The topological polar surface area (TPSA) is 114 Å². The Morgan fingerprint density at radius 3 is 2.69 bits per heavy atom. The number of non-ortho nitro benzene ring substituents is 1. The van der Waals surface area contributed by atoms with Crippen molar-refractivity contribution in [1.82, 2.24) is 4.90 Å². The average Bonchev–Trinajstić information content (AvgIpc) is 3.03. The van der Waals surface area contributed by atoms with Gasteiger partial charge in [-0.05, 0) is 44.0 Å². The summed E-state index contributed by atoms with van der Waals surface area (Å²) < 4.78 is 5.29. The first-order valence-electron chi connectivity index (χ1n) is 9.99. The van der Waals surface area contributed by atoms with Crippen LogP contribution in [0.2, 0.25) is 0 Å². The van der Waals surface area contributed by atoms with Gasteiger partial charge in [-0.15, -0.1) is 0 Å². The summed E-state index contributed by atoms with van der Waals surface area (Å²) in [6.45, 7) is 5.89. The molecule has 9 nitrogen and oxygen atoms in total. The summed E-state index contributed by atoms with van der Waals surface area (Å²) in [5.74, 6) is 0.00204. The van der Waals surface area contributed by atoms with E-state index in [9.17, 15) is 19.7 Å². The third-order valence-corrected chi connectivity index (χ3v) is 6.13. The Bertz CT molecular complexity index is 1100. The molecular formula is C22H24N4O5S. The van der Waals surface area contributed by atoms with Crippen LogP contribution in [-0.2, 0) is 9.59 Å². The van der Waals surface area contributed by atoms with Gasteiger partial charge < -0.3 is 10.1 Å². The molecule has 0 radical (unpaired) electrons. The van der Waals surface area contributed by atoms with Crippen molar-refractivity contribution in [2.24, 2.45) is 4.99 Å². The number of amidine groups is 1. The largest absolute Gasteiger partial charge is 0.495 e. The van der Waals surface area contributed by atoms with Gasteiger partial charge in [-0.2, -0.15) is 0 Å². The molecule has 2 aromatic rings. The summed E-state index contributed by atoms with van der Waals surface area (Å²) in [5.41, 5.74) is 2.60. The van der Waals surface area contributed by atoms with Crippen molar-refractivity contribution < 1.29 is 19.2 Å². The first-order valence-corrected chi connectivity index (χ1v) is 10.9. The van der Waals surface area contributed by atoms with E-state index < -0.39 is 10.2 Å². The van der Waals surface area contributed by atoms with E-state index in [0.29, 0.717) is 28.8 Å². The van der Waals surface area contributed by atoms with Crippen LogP contribution in [0.25, 0.3) is 0 Å². The zero-order chi connectivity index (χ0) is 23.4. The molecule has 10 heteroatoms. The molecule has 168 valence electrons. The molecule has 0 aliphatic carbocycles. The Labute approximate surface area is 190 Å². The summed E-state index contributed by atoms with van der Waals surface area (Å²) >= 11 is 1.19. The maximum atomic E-state index is 12.9. The maximum Gasteiger partial charge on any atom is 0.271 e. The predicted molar refractivity (Wildman–Crippen MR) is 125 cm³/mol. The number of nitrogens with one attached hydrogen (secondary N) is 1. The summed E-state index contributed by atoms with van der Waals surface area (Å²) in [6, 6.07) is 9.86. The second-order valence-electron chi connectivity index (χ2n) is 7.27. The van der Waals surface area contributed by atoms with E-state index >= 15 is 0 Å².